The van der Waals surface area contributed by atoms with Gasteiger partial charge in [-0.1, -0.05) is 41.9 Å². The standard InChI is InChI=1S/C27H29ClN6O/c1-17(33-29)24(30-2)20-15-23-25(32-16-20)21-8-11-31-27(28)26(21)34(23)22(19-6-4-3-5-7-19)14-18-9-12-35-13-10-18/h3-8,11,15-16,18,22H,9-10,12-14,29H2,1-2H3. The second kappa shape index (κ2) is 10.1. The van der Waals surface area contributed by atoms with Gasteiger partial charge in [0, 0.05) is 43.6 Å². The number of aliphatic imine (C=N–C) groups is 1. The summed E-state index contributed by atoms with van der Waals surface area (Å²) in [4.78, 5) is 13.8. The molecule has 1 atom stereocenters. The molecule has 35 heavy (non-hydrogen) atoms. The lowest BCUT2D eigenvalue weighted by Gasteiger charge is -2.29. The topological polar surface area (TPSA) is 90.7 Å². The average Bonchev–Trinajstić information content (AvgIpc) is 3.23. The Kier molecular flexibility index (Phi) is 6.79. The van der Waals surface area contributed by atoms with E-state index in [-0.39, 0.29) is 6.04 Å². The molecular weight excluding hydrogens is 460 g/mol. The second-order valence-electron chi connectivity index (χ2n) is 8.96. The van der Waals surface area contributed by atoms with Crippen molar-refractivity contribution in [1.82, 2.24) is 14.5 Å². The van der Waals surface area contributed by atoms with Crippen molar-refractivity contribution in [3.63, 3.8) is 0 Å². The monoisotopic (exact) mass is 488 g/mol. The zero-order chi connectivity index (χ0) is 24.4. The number of benzene rings is 1. The fourth-order valence-corrected chi connectivity index (χ4v) is 5.44. The third-order valence-corrected chi connectivity index (χ3v) is 7.21. The summed E-state index contributed by atoms with van der Waals surface area (Å²) in [6.45, 7) is 3.46. The van der Waals surface area contributed by atoms with Crippen molar-refractivity contribution in [1.29, 1.82) is 0 Å². The Morgan fingerprint density at radius 2 is 1.97 bits per heavy atom. The van der Waals surface area contributed by atoms with Crippen LogP contribution in [0.1, 0.15) is 43.4 Å². The number of nitrogens with two attached hydrogens (primary N) is 1. The Morgan fingerprint density at radius 1 is 1.20 bits per heavy atom. The second-order valence-corrected chi connectivity index (χ2v) is 9.32. The Bertz CT molecular complexity index is 1410. The van der Waals surface area contributed by atoms with Gasteiger partial charge in [0.15, 0.2) is 5.15 Å². The minimum atomic E-state index is 0.0596. The highest BCUT2D eigenvalue weighted by molar-refractivity contribution is 6.47. The lowest BCUT2D eigenvalue weighted by atomic mass is 9.89. The van der Waals surface area contributed by atoms with Crippen molar-refractivity contribution in [2.45, 2.75) is 32.2 Å². The molecule has 0 aliphatic carbocycles. The van der Waals surface area contributed by atoms with Gasteiger partial charge in [0.25, 0.3) is 0 Å². The molecule has 0 bridgehead atoms. The molecule has 1 saturated heterocycles. The molecule has 0 spiro atoms. The maximum atomic E-state index is 6.77. The van der Waals surface area contributed by atoms with E-state index in [4.69, 9.17) is 27.2 Å². The van der Waals surface area contributed by atoms with Gasteiger partial charge < -0.3 is 15.1 Å². The molecule has 1 aliphatic rings. The number of aromatic nitrogens is 3. The van der Waals surface area contributed by atoms with Crippen LogP contribution in [0.25, 0.3) is 21.9 Å². The molecule has 1 aromatic carbocycles. The first-order valence-corrected chi connectivity index (χ1v) is 12.3. The first-order valence-electron chi connectivity index (χ1n) is 11.9. The number of hydrogen-bond acceptors (Lipinski definition) is 6. The van der Waals surface area contributed by atoms with Crippen LogP contribution in [-0.2, 0) is 4.74 Å². The van der Waals surface area contributed by atoms with Crippen molar-refractivity contribution in [2.75, 3.05) is 20.3 Å². The molecule has 3 aromatic heterocycles. The highest BCUT2D eigenvalue weighted by atomic mass is 35.5. The van der Waals surface area contributed by atoms with E-state index in [9.17, 15) is 0 Å². The third kappa shape index (κ3) is 4.42. The number of hydrogen-bond donors (Lipinski definition) is 1. The van der Waals surface area contributed by atoms with Crippen LogP contribution in [0.3, 0.4) is 0 Å². The highest BCUT2D eigenvalue weighted by Gasteiger charge is 2.27. The zero-order valence-corrected chi connectivity index (χ0v) is 20.7. The van der Waals surface area contributed by atoms with Gasteiger partial charge in [0.1, 0.15) is 0 Å². The number of halogens is 1. The summed E-state index contributed by atoms with van der Waals surface area (Å²) in [6, 6.07) is 14.8. The summed E-state index contributed by atoms with van der Waals surface area (Å²) in [5.41, 5.74) is 6.22. The van der Waals surface area contributed by atoms with Gasteiger partial charge in [-0.25, -0.2) is 4.98 Å². The molecule has 7 nitrogen and oxygen atoms in total. The van der Waals surface area contributed by atoms with E-state index in [0.29, 0.717) is 22.5 Å². The quantitative estimate of drug-likeness (QED) is 0.170. The third-order valence-electron chi connectivity index (χ3n) is 6.93. The van der Waals surface area contributed by atoms with Gasteiger partial charge >= 0.3 is 0 Å². The molecule has 4 aromatic rings. The minimum Gasteiger partial charge on any atom is -0.381 e. The first kappa shape index (κ1) is 23.5. The minimum absolute atomic E-state index is 0.0596. The summed E-state index contributed by atoms with van der Waals surface area (Å²) in [7, 11) is 1.74. The van der Waals surface area contributed by atoms with Crippen LogP contribution in [-0.4, -0.2) is 46.2 Å². The molecule has 0 amide bonds. The first-order chi connectivity index (χ1) is 17.1. The molecule has 2 N–H and O–H groups in total. The maximum absolute atomic E-state index is 6.77. The van der Waals surface area contributed by atoms with Gasteiger partial charge in [0.05, 0.1) is 34.0 Å². The predicted molar refractivity (Wildman–Crippen MR) is 143 cm³/mol. The molecule has 1 fully saturated rings. The summed E-state index contributed by atoms with van der Waals surface area (Å²) in [5, 5.41) is 5.32. The Labute approximate surface area is 209 Å². The van der Waals surface area contributed by atoms with E-state index >= 15 is 0 Å². The smallest absolute Gasteiger partial charge is 0.153 e. The van der Waals surface area contributed by atoms with Crippen LogP contribution in [0.15, 0.2) is 65.0 Å². The van der Waals surface area contributed by atoms with E-state index in [1.165, 1.54) is 5.56 Å². The molecule has 1 aliphatic heterocycles. The summed E-state index contributed by atoms with van der Waals surface area (Å²) in [6.07, 6.45) is 6.64. The van der Waals surface area contributed by atoms with E-state index in [0.717, 1.165) is 60.0 Å². The number of pyridine rings is 2. The van der Waals surface area contributed by atoms with Gasteiger partial charge in [0.2, 0.25) is 0 Å². The molecule has 8 heteroatoms. The number of rotatable bonds is 6. The van der Waals surface area contributed by atoms with Crippen molar-refractivity contribution >= 4 is 45.0 Å². The molecule has 5 rings (SSSR count). The SMILES string of the molecule is CN=C(C(C)=NN)c1cnc2c3ccnc(Cl)c3n(C(CC3CCOCC3)c3ccccc3)c2c1. The van der Waals surface area contributed by atoms with Crippen LogP contribution < -0.4 is 5.84 Å². The van der Waals surface area contributed by atoms with Crippen LogP contribution in [0.5, 0.6) is 0 Å². The van der Waals surface area contributed by atoms with Gasteiger partial charge in [-0.2, -0.15) is 5.10 Å². The zero-order valence-electron chi connectivity index (χ0n) is 20.0. The van der Waals surface area contributed by atoms with Crippen LogP contribution in [0.4, 0.5) is 0 Å². The van der Waals surface area contributed by atoms with Crippen molar-refractivity contribution in [3.8, 4) is 0 Å². The summed E-state index contributed by atoms with van der Waals surface area (Å²) >= 11 is 6.77. The number of fused-ring (bicyclic) bond motifs is 3. The summed E-state index contributed by atoms with van der Waals surface area (Å²) in [5.74, 6) is 6.13. The highest BCUT2D eigenvalue weighted by Crippen LogP contribution is 2.40. The molecule has 0 radical (unpaired) electrons. The lowest BCUT2D eigenvalue weighted by Crippen LogP contribution is -2.21. The Morgan fingerprint density at radius 3 is 2.69 bits per heavy atom. The van der Waals surface area contributed by atoms with E-state index in [2.05, 4.69) is 50.0 Å². The molecule has 0 saturated carbocycles. The van der Waals surface area contributed by atoms with Crippen molar-refractivity contribution < 1.29 is 4.74 Å². The molecular formula is C27H29ClN6O. The number of hydrazone groups is 1. The predicted octanol–water partition coefficient (Wildman–Crippen LogP) is 5.40. The fourth-order valence-electron chi connectivity index (χ4n) is 5.19. The maximum Gasteiger partial charge on any atom is 0.153 e. The van der Waals surface area contributed by atoms with Crippen LogP contribution >= 0.6 is 11.6 Å². The normalized spacial score (nSPS) is 16.8. The summed E-state index contributed by atoms with van der Waals surface area (Å²) < 4.78 is 7.97. The van der Waals surface area contributed by atoms with Crippen molar-refractivity contribution in [3.05, 3.63) is 71.1 Å². The fraction of sp³-hybridized carbons (Fsp3) is 0.333. The average molecular weight is 489 g/mol. The van der Waals surface area contributed by atoms with Gasteiger partial charge in [-0.3, -0.25) is 9.98 Å². The number of ether oxygens (including phenoxy) is 1. The lowest BCUT2D eigenvalue weighted by molar-refractivity contribution is 0.0610. The Balaban J connectivity index is 1.78. The van der Waals surface area contributed by atoms with E-state index in [1.54, 1.807) is 13.2 Å². The van der Waals surface area contributed by atoms with Crippen LogP contribution in [0.2, 0.25) is 5.15 Å². The van der Waals surface area contributed by atoms with Gasteiger partial charge in [-0.15, -0.1) is 0 Å². The largest absolute Gasteiger partial charge is 0.381 e. The van der Waals surface area contributed by atoms with E-state index in [1.807, 2.05) is 25.3 Å². The van der Waals surface area contributed by atoms with Crippen molar-refractivity contribution in [2.24, 2.45) is 21.9 Å². The Hall–Kier alpha value is -3.29. The molecule has 4 heterocycles. The van der Waals surface area contributed by atoms with Crippen LogP contribution in [0, 0.1) is 5.92 Å². The van der Waals surface area contributed by atoms with E-state index < -0.39 is 0 Å². The molecule has 180 valence electrons. The van der Waals surface area contributed by atoms with Gasteiger partial charge in [-0.05, 0) is 49.8 Å². The molecule has 1 unspecified atom stereocenters. The number of nitrogens with zero attached hydrogens (tertiary/aromatic N) is 5.